The van der Waals surface area contributed by atoms with Gasteiger partial charge >= 0.3 is 0 Å². The monoisotopic (exact) mass is 348 g/mol. The number of aliphatic hydroxyl groups excluding tert-OH is 1. The summed E-state index contributed by atoms with van der Waals surface area (Å²) in [5.74, 6) is 2.45. The van der Waals surface area contributed by atoms with Crippen LogP contribution in [0.2, 0.25) is 0 Å². The van der Waals surface area contributed by atoms with Gasteiger partial charge in [-0.3, -0.25) is 9.80 Å². The molecule has 1 atom stereocenters. The molecule has 1 aromatic carbocycles. The highest BCUT2D eigenvalue weighted by Crippen LogP contribution is 2.31. The maximum absolute atomic E-state index is 9.45. The van der Waals surface area contributed by atoms with E-state index >= 15 is 0 Å². The molecule has 0 aliphatic carbocycles. The van der Waals surface area contributed by atoms with Crippen molar-refractivity contribution in [3.05, 3.63) is 23.8 Å². The number of hydrogen-bond donors (Lipinski definition) is 1. The summed E-state index contributed by atoms with van der Waals surface area (Å²) in [4.78, 5) is 5.06. The summed E-state index contributed by atoms with van der Waals surface area (Å²) >= 11 is 0. The van der Waals surface area contributed by atoms with Crippen LogP contribution in [0, 0.1) is 5.92 Å². The molecule has 0 amide bonds. The summed E-state index contributed by atoms with van der Waals surface area (Å²) in [6.07, 6.45) is 2.08. The summed E-state index contributed by atoms with van der Waals surface area (Å²) in [6, 6.07) is 6.73. The normalized spacial score (nSPS) is 21.7. The molecule has 0 unspecified atom stereocenters. The van der Waals surface area contributed by atoms with Gasteiger partial charge < -0.3 is 14.6 Å². The maximum atomic E-state index is 9.45. The number of aliphatic hydroxyl groups is 1. The third kappa shape index (κ3) is 5.09. The smallest absolute Gasteiger partial charge is 0.161 e. The zero-order chi connectivity index (χ0) is 17.6. The molecule has 2 aliphatic heterocycles. The van der Waals surface area contributed by atoms with Gasteiger partial charge in [-0.2, -0.15) is 0 Å². The molecule has 0 bridgehead atoms. The standard InChI is InChI=1S/C20H32N2O3/c1-16(2)5-7-22-9-8-21(15-18(22)6-10-23)14-17-3-4-19-20(13-17)25-12-11-24-19/h3-4,13,16,18,23H,5-12,14-15H2,1-2H3/t18-/m0/s1. The van der Waals surface area contributed by atoms with Crippen molar-refractivity contribution in [1.82, 2.24) is 9.80 Å². The van der Waals surface area contributed by atoms with E-state index in [0.29, 0.717) is 19.3 Å². The molecule has 25 heavy (non-hydrogen) atoms. The Balaban J connectivity index is 1.58. The number of rotatable bonds is 7. The second kappa shape index (κ2) is 8.88. The molecular formula is C20H32N2O3. The van der Waals surface area contributed by atoms with E-state index in [9.17, 15) is 5.11 Å². The number of hydrogen-bond acceptors (Lipinski definition) is 5. The predicted molar refractivity (Wildman–Crippen MR) is 99.2 cm³/mol. The van der Waals surface area contributed by atoms with E-state index < -0.39 is 0 Å². The Morgan fingerprint density at radius 3 is 2.72 bits per heavy atom. The van der Waals surface area contributed by atoms with Crippen LogP contribution in [0.15, 0.2) is 18.2 Å². The van der Waals surface area contributed by atoms with Crippen molar-refractivity contribution in [2.75, 3.05) is 46.0 Å². The van der Waals surface area contributed by atoms with Crippen LogP contribution in [0.5, 0.6) is 11.5 Å². The first-order valence-electron chi connectivity index (χ1n) is 9.61. The molecule has 1 saturated heterocycles. The molecule has 1 fully saturated rings. The lowest BCUT2D eigenvalue weighted by molar-refractivity contribution is 0.0523. The van der Waals surface area contributed by atoms with Gasteiger partial charge in [0, 0.05) is 38.8 Å². The first-order chi connectivity index (χ1) is 12.2. The maximum Gasteiger partial charge on any atom is 0.161 e. The lowest BCUT2D eigenvalue weighted by atomic mass is 10.0. The molecular weight excluding hydrogens is 316 g/mol. The van der Waals surface area contributed by atoms with E-state index in [1.807, 2.05) is 6.07 Å². The van der Waals surface area contributed by atoms with Gasteiger partial charge in [0.15, 0.2) is 11.5 Å². The van der Waals surface area contributed by atoms with Crippen molar-refractivity contribution in [2.45, 2.75) is 39.3 Å². The second-order valence-electron chi connectivity index (χ2n) is 7.60. The van der Waals surface area contributed by atoms with E-state index in [2.05, 4.69) is 35.8 Å². The van der Waals surface area contributed by atoms with Crippen LogP contribution in [0.3, 0.4) is 0 Å². The van der Waals surface area contributed by atoms with Crippen molar-refractivity contribution in [1.29, 1.82) is 0 Å². The lowest BCUT2D eigenvalue weighted by Gasteiger charge is -2.41. The quantitative estimate of drug-likeness (QED) is 0.820. The molecule has 140 valence electrons. The highest BCUT2D eigenvalue weighted by Gasteiger charge is 2.26. The van der Waals surface area contributed by atoms with Gasteiger partial charge in [-0.25, -0.2) is 0 Å². The minimum atomic E-state index is 0.265. The molecule has 0 saturated carbocycles. The lowest BCUT2D eigenvalue weighted by Crippen LogP contribution is -2.53. The molecule has 0 radical (unpaired) electrons. The van der Waals surface area contributed by atoms with Crippen molar-refractivity contribution in [2.24, 2.45) is 5.92 Å². The van der Waals surface area contributed by atoms with E-state index in [4.69, 9.17) is 9.47 Å². The topological polar surface area (TPSA) is 45.2 Å². The van der Waals surface area contributed by atoms with E-state index in [1.54, 1.807) is 0 Å². The van der Waals surface area contributed by atoms with Crippen molar-refractivity contribution < 1.29 is 14.6 Å². The average molecular weight is 348 g/mol. The first-order valence-corrected chi connectivity index (χ1v) is 9.61. The Morgan fingerprint density at radius 2 is 1.96 bits per heavy atom. The molecule has 1 aromatic rings. The number of benzene rings is 1. The zero-order valence-corrected chi connectivity index (χ0v) is 15.6. The Hall–Kier alpha value is -1.30. The van der Waals surface area contributed by atoms with Crippen LogP contribution in [0.4, 0.5) is 0 Å². The fourth-order valence-electron chi connectivity index (χ4n) is 3.69. The summed E-state index contributed by atoms with van der Waals surface area (Å²) in [7, 11) is 0. The predicted octanol–water partition coefficient (Wildman–Crippen LogP) is 2.37. The van der Waals surface area contributed by atoms with Gasteiger partial charge in [0.2, 0.25) is 0 Å². The van der Waals surface area contributed by atoms with Crippen molar-refractivity contribution in [3.8, 4) is 11.5 Å². The Bertz CT molecular complexity index is 550. The number of ether oxygens (including phenoxy) is 2. The third-order valence-electron chi connectivity index (χ3n) is 5.16. The number of piperazine rings is 1. The highest BCUT2D eigenvalue weighted by atomic mass is 16.6. The Labute approximate surface area is 151 Å². The van der Waals surface area contributed by atoms with Crippen LogP contribution in [0.1, 0.15) is 32.3 Å². The van der Waals surface area contributed by atoms with Crippen molar-refractivity contribution in [3.63, 3.8) is 0 Å². The van der Waals surface area contributed by atoms with Gasteiger partial charge in [-0.05, 0) is 43.0 Å². The molecule has 2 heterocycles. The fraction of sp³-hybridized carbons (Fsp3) is 0.700. The van der Waals surface area contributed by atoms with Crippen LogP contribution >= 0.6 is 0 Å². The van der Waals surface area contributed by atoms with Gasteiger partial charge in [0.05, 0.1) is 0 Å². The Kier molecular flexibility index (Phi) is 6.57. The molecule has 1 N–H and O–H groups in total. The summed E-state index contributed by atoms with van der Waals surface area (Å²) in [5, 5.41) is 9.45. The molecule has 5 nitrogen and oxygen atoms in total. The average Bonchev–Trinajstić information content (AvgIpc) is 2.61. The molecule has 5 heteroatoms. The Morgan fingerprint density at radius 1 is 1.16 bits per heavy atom. The zero-order valence-electron chi connectivity index (χ0n) is 15.6. The minimum Gasteiger partial charge on any atom is -0.486 e. The van der Waals surface area contributed by atoms with Crippen molar-refractivity contribution >= 4 is 0 Å². The summed E-state index contributed by atoms with van der Waals surface area (Å²) < 4.78 is 11.3. The van der Waals surface area contributed by atoms with E-state index in [-0.39, 0.29) is 6.61 Å². The molecule has 0 aromatic heterocycles. The first kappa shape index (κ1) is 18.5. The van der Waals surface area contributed by atoms with Crippen LogP contribution in [-0.2, 0) is 6.54 Å². The van der Waals surface area contributed by atoms with Gasteiger partial charge in [0.1, 0.15) is 13.2 Å². The number of fused-ring (bicyclic) bond motifs is 1. The molecule has 2 aliphatic rings. The van der Waals surface area contributed by atoms with Gasteiger partial charge in [-0.15, -0.1) is 0 Å². The summed E-state index contributed by atoms with van der Waals surface area (Å²) in [5.41, 5.74) is 1.27. The largest absolute Gasteiger partial charge is 0.486 e. The summed E-state index contributed by atoms with van der Waals surface area (Å²) in [6.45, 7) is 11.3. The minimum absolute atomic E-state index is 0.265. The van der Waals surface area contributed by atoms with Crippen LogP contribution < -0.4 is 9.47 Å². The fourth-order valence-corrected chi connectivity index (χ4v) is 3.69. The van der Waals surface area contributed by atoms with E-state index in [1.165, 1.54) is 12.0 Å². The molecule has 3 rings (SSSR count). The van der Waals surface area contributed by atoms with Gasteiger partial charge in [-0.1, -0.05) is 19.9 Å². The number of nitrogens with zero attached hydrogens (tertiary/aromatic N) is 2. The molecule has 0 spiro atoms. The SMILES string of the molecule is CC(C)CCN1CCN(Cc2ccc3c(c2)OCCO3)C[C@@H]1CCO. The van der Waals surface area contributed by atoms with Crippen LogP contribution in [0.25, 0.3) is 0 Å². The second-order valence-corrected chi connectivity index (χ2v) is 7.60. The third-order valence-corrected chi connectivity index (χ3v) is 5.16. The highest BCUT2D eigenvalue weighted by molar-refractivity contribution is 5.43. The van der Waals surface area contributed by atoms with E-state index in [0.717, 1.165) is 56.6 Å². The van der Waals surface area contributed by atoms with Gasteiger partial charge in [0.25, 0.3) is 0 Å². The van der Waals surface area contributed by atoms with Crippen LogP contribution in [-0.4, -0.2) is 66.9 Å².